The SMILES string of the molecule is CC(C)(C)[C@H](N)c1ncc(-c2cc3cc4oc(-c5cnc([C@@H](N)C(C)(C)C)[nH]5)cc4cc3o2)[nH]1. The summed E-state index contributed by atoms with van der Waals surface area (Å²) in [6.45, 7) is 12.5. The molecular formula is C26H32N6O2. The topological polar surface area (TPSA) is 136 Å². The van der Waals surface area contributed by atoms with Crippen molar-refractivity contribution in [3.63, 3.8) is 0 Å². The molecule has 0 radical (unpaired) electrons. The van der Waals surface area contributed by atoms with Crippen molar-refractivity contribution < 1.29 is 8.83 Å². The third-order valence-electron chi connectivity index (χ3n) is 6.33. The molecule has 0 fully saturated rings. The lowest BCUT2D eigenvalue weighted by molar-refractivity contribution is 0.316. The predicted octanol–water partition coefficient (Wildman–Crippen LogP) is 6.05. The molecule has 178 valence electrons. The fourth-order valence-corrected chi connectivity index (χ4v) is 3.90. The number of rotatable bonds is 4. The number of nitrogens with two attached hydrogens (primary N) is 2. The van der Waals surface area contributed by atoms with Crippen LogP contribution in [0.15, 0.2) is 45.5 Å². The number of fused-ring (bicyclic) bond motifs is 2. The number of hydrogen-bond acceptors (Lipinski definition) is 6. The minimum Gasteiger partial charge on any atom is -0.454 e. The molecule has 0 aliphatic heterocycles. The first kappa shape index (κ1) is 22.4. The van der Waals surface area contributed by atoms with Gasteiger partial charge in [-0.2, -0.15) is 0 Å². The Bertz CT molecular complexity index is 1310. The van der Waals surface area contributed by atoms with E-state index in [1.807, 2.05) is 24.3 Å². The van der Waals surface area contributed by atoms with E-state index in [4.69, 9.17) is 20.3 Å². The molecule has 5 aromatic rings. The highest BCUT2D eigenvalue weighted by atomic mass is 16.3. The van der Waals surface area contributed by atoms with Crippen LogP contribution in [0.3, 0.4) is 0 Å². The van der Waals surface area contributed by atoms with Crippen molar-refractivity contribution >= 4 is 21.9 Å². The maximum absolute atomic E-state index is 6.34. The number of aromatic nitrogens is 4. The smallest absolute Gasteiger partial charge is 0.153 e. The van der Waals surface area contributed by atoms with Gasteiger partial charge < -0.3 is 30.3 Å². The number of benzene rings is 1. The van der Waals surface area contributed by atoms with Crippen LogP contribution in [0.1, 0.15) is 65.3 Å². The number of nitrogens with one attached hydrogen (secondary N) is 2. The van der Waals surface area contributed by atoms with E-state index in [2.05, 4.69) is 61.5 Å². The van der Waals surface area contributed by atoms with Gasteiger partial charge in [0.2, 0.25) is 0 Å². The van der Waals surface area contributed by atoms with Gasteiger partial charge in [0.15, 0.2) is 11.5 Å². The van der Waals surface area contributed by atoms with Gasteiger partial charge in [0.25, 0.3) is 0 Å². The fourth-order valence-electron chi connectivity index (χ4n) is 3.90. The summed E-state index contributed by atoms with van der Waals surface area (Å²) in [5, 5.41) is 1.89. The van der Waals surface area contributed by atoms with Crippen LogP contribution in [-0.2, 0) is 0 Å². The lowest BCUT2D eigenvalue weighted by Gasteiger charge is -2.24. The van der Waals surface area contributed by atoms with Crippen LogP contribution < -0.4 is 11.5 Å². The van der Waals surface area contributed by atoms with E-state index in [1.54, 1.807) is 12.4 Å². The monoisotopic (exact) mass is 460 g/mol. The van der Waals surface area contributed by atoms with Gasteiger partial charge >= 0.3 is 0 Å². The molecule has 0 saturated heterocycles. The summed E-state index contributed by atoms with van der Waals surface area (Å²) in [4.78, 5) is 15.6. The lowest BCUT2D eigenvalue weighted by Crippen LogP contribution is -2.27. The van der Waals surface area contributed by atoms with E-state index in [9.17, 15) is 0 Å². The Morgan fingerprint density at radius 1 is 0.676 bits per heavy atom. The molecule has 5 rings (SSSR count). The Morgan fingerprint density at radius 2 is 1.06 bits per heavy atom. The van der Waals surface area contributed by atoms with Crippen molar-refractivity contribution in [3.8, 4) is 22.9 Å². The van der Waals surface area contributed by atoms with Crippen LogP contribution in [0.5, 0.6) is 0 Å². The first-order chi connectivity index (χ1) is 15.9. The van der Waals surface area contributed by atoms with Gasteiger partial charge in [-0.25, -0.2) is 9.97 Å². The van der Waals surface area contributed by atoms with E-state index in [0.717, 1.165) is 45.0 Å². The molecule has 1 aromatic carbocycles. The quantitative estimate of drug-likeness (QED) is 0.258. The average molecular weight is 461 g/mol. The Balaban J connectivity index is 1.45. The predicted molar refractivity (Wildman–Crippen MR) is 134 cm³/mol. The summed E-state index contributed by atoms with van der Waals surface area (Å²) in [5.41, 5.74) is 15.6. The van der Waals surface area contributed by atoms with Crippen molar-refractivity contribution in [2.24, 2.45) is 22.3 Å². The van der Waals surface area contributed by atoms with Crippen LogP contribution in [0.25, 0.3) is 44.8 Å². The highest BCUT2D eigenvalue weighted by Gasteiger charge is 2.26. The first-order valence-corrected chi connectivity index (χ1v) is 11.5. The van der Waals surface area contributed by atoms with Crippen molar-refractivity contribution in [2.75, 3.05) is 0 Å². The molecule has 0 unspecified atom stereocenters. The molecule has 0 aliphatic rings. The normalized spacial score (nSPS) is 14.8. The van der Waals surface area contributed by atoms with Crippen molar-refractivity contribution in [3.05, 3.63) is 48.3 Å². The summed E-state index contributed by atoms with van der Waals surface area (Å²) in [7, 11) is 0. The molecule has 2 atom stereocenters. The highest BCUT2D eigenvalue weighted by Crippen LogP contribution is 2.36. The summed E-state index contributed by atoms with van der Waals surface area (Å²) in [5.74, 6) is 2.90. The first-order valence-electron chi connectivity index (χ1n) is 11.5. The molecular weight excluding hydrogens is 428 g/mol. The largest absolute Gasteiger partial charge is 0.454 e. The van der Waals surface area contributed by atoms with Gasteiger partial charge in [-0.1, -0.05) is 41.5 Å². The summed E-state index contributed by atoms with van der Waals surface area (Å²) >= 11 is 0. The Hall–Kier alpha value is -3.36. The number of hydrogen-bond donors (Lipinski definition) is 4. The van der Waals surface area contributed by atoms with Crippen molar-refractivity contribution in [2.45, 2.75) is 53.6 Å². The number of furan rings is 2. The minimum atomic E-state index is -0.202. The Labute approximate surface area is 198 Å². The molecule has 0 spiro atoms. The average Bonchev–Trinajstić information content (AvgIpc) is 3.53. The maximum Gasteiger partial charge on any atom is 0.153 e. The second-order valence-electron chi connectivity index (χ2n) is 11.2. The molecule has 6 N–H and O–H groups in total. The number of nitrogens with zero attached hydrogens (tertiary/aromatic N) is 2. The fraction of sp³-hybridized carbons (Fsp3) is 0.385. The third-order valence-corrected chi connectivity index (χ3v) is 6.33. The van der Waals surface area contributed by atoms with Crippen LogP contribution in [0.2, 0.25) is 0 Å². The van der Waals surface area contributed by atoms with Gasteiger partial charge in [0.1, 0.15) is 34.2 Å². The van der Waals surface area contributed by atoms with Gasteiger partial charge in [0.05, 0.1) is 24.5 Å². The van der Waals surface area contributed by atoms with Gasteiger partial charge in [-0.05, 0) is 35.1 Å². The molecule has 4 aromatic heterocycles. The van der Waals surface area contributed by atoms with E-state index in [1.165, 1.54) is 0 Å². The summed E-state index contributed by atoms with van der Waals surface area (Å²) in [6.07, 6.45) is 3.53. The third kappa shape index (κ3) is 3.93. The van der Waals surface area contributed by atoms with Crippen molar-refractivity contribution in [1.82, 2.24) is 19.9 Å². The zero-order valence-electron chi connectivity index (χ0n) is 20.5. The van der Waals surface area contributed by atoms with Crippen LogP contribution in [-0.4, -0.2) is 19.9 Å². The van der Waals surface area contributed by atoms with Crippen LogP contribution >= 0.6 is 0 Å². The second-order valence-corrected chi connectivity index (χ2v) is 11.2. The molecule has 0 saturated carbocycles. The zero-order chi connectivity index (χ0) is 24.4. The summed E-state index contributed by atoms with van der Waals surface area (Å²) in [6, 6.07) is 7.52. The molecule has 8 heteroatoms. The molecule has 0 amide bonds. The Morgan fingerprint density at radius 3 is 1.41 bits per heavy atom. The van der Waals surface area contributed by atoms with E-state index in [0.29, 0.717) is 11.5 Å². The number of aromatic amines is 2. The van der Waals surface area contributed by atoms with Crippen molar-refractivity contribution in [1.29, 1.82) is 0 Å². The molecule has 0 aliphatic carbocycles. The van der Waals surface area contributed by atoms with Gasteiger partial charge in [0, 0.05) is 10.8 Å². The lowest BCUT2D eigenvalue weighted by atomic mass is 9.87. The molecule has 0 bridgehead atoms. The zero-order valence-corrected chi connectivity index (χ0v) is 20.5. The van der Waals surface area contributed by atoms with E-state index >= 15 is 0 Å². The standard InChI is InChI=1S/C26H32N6O2/c1-25(2,3)21(27)23-29-11-15(31-23)19-9-13-7-18-14(8-17(13)33-19)10-20(34-18)16-12-30-24(32-16)22(28)26(4,5)6/h7-12,21-22H,27-28H2,1-6H3,(H,29,31)(H,30,32)/t21-,22-/m1/s1. The minimum absolute atomic E-state index is 0.0988. The molecule has 4 heterocycles. The highest BCUT2D eigenvalue weighted by molar-refractivity contribution is 5.96. The maximum atomic E-state index is 6.34. The van der Waals surface area contributed by atoms with Gasteiger partial charge in [-0.15, -0.1) is 0 Å². The van der Waals surface area contributed by atoms with E-state index < -0.39 is 0 Å². The van der Waals surface area contributed by atoms with E-state index in [-0.39, 0.29) is 22.9 Å². The number of imidazole rings is 2. The number of H-pyrrole nitrogens is 2. The van der Waals surface area contributed by atoms with Crippen LogP contribution in [0.4, 0.5) is 0 Å². The molecule has 34 heavy (non-hydrogen) atoms. The molecule has 8 nitrogen and oxygen atoms in total. The summed E-state index contributed by atoms with van der Waals surface area (Å²) < 4.78 is 12.3. The second kappa shape index (κ2) is 7.58. The van der Waals surface area contributed by atoms with Crippen LogP contribution in [0, 0.1) is 10.8 Å². The van der Waals surface area contributed by atoms with Gasteiger partial charge in [-0.3, -0.25) is 0 Å². The Kier molecular flexibility index (Phi) is 5.00.